The molecule has 1 atom stereocenters. The molecule has 0 radical (unpaired) electrons. The molecule has 2 rings (SSSR count). The van der Waals surface area contributed by atoms with E-state index in [0.717, 1.165) is 11.3 Å². The minimum absolute atomic E-state index is 0.00501. The molecule has 116 valence electrons. The van der Waals surface area contributed by atoms with E-state index in [1.807, 2.05) is 24.3 Å². The first kappa shape index (κ1) is 16.3. The average Bonchev–Trinajstić information content (AvgIpc) is 2.52. The van der Waals surface area contributed by atoms with Crippen molar-refractivity contribution in [2.75, 3.05) is 7.11 Å². The highest BCUT2D eigenvalue weighted by atomic mass is 35.5. The summed E-state index contributed by atoms with van der Waals surface area (Å²) in [5, 5.41) is 22.1. The first-order valence-electron chi connectivity index (χ1n) is 6.58. The van der Waals surface area contributed by atoms with Gasteiger partial charge in [-0.15, -0.1) is 0 Å². The van der Waals surface area contributed by atoms with Gasteiger partial charge in [0.15, 0.2) is 0 Å². The summed E-state index contributed by atoms with van der Waals surface area (Å²) in [4.78, 5) is 10.9. The number of nitrogens with one attached hydrogen (secondary N) is 1. The highest BCUT2D eigenvalue weighted by Gasteiger charge is 2.13. The van der Waals surface area contributed by atoms with Crippen LogP contribution in [0.5, 0.6) is 5.75 Å². The molecule has 22 heavy (non-hydrogen) atoms. The summed E-state index contributed by atoms with van der Waals surface area (Å²) < 4.78 is 5.13. The van der Waals surface area contributed by atoms with E-state index < -0.39 is 12.2 Å². The maximum Gasteiger partial charge on any atom is 0.337 e. The van der Waals surface area contributed by atoms with Gasteiger partial charge in [-0.3, -0.25) is 5.32 Å². The third kappa shape index (κ3) is 3.98. The van der Waals surface area contributed by atoms with Crippen molar-refractivity contribution in [3.05, 3.63) is 64.2 Å². The van der Waals surface area contributed by atoms with Crippen molar-refractivity contribution in [3.63, 3.8) is 0 Å². The molecule has 0 saturated heterocycles. The smallest absolute Gasteiger partial charge is 0.337 e. The van der Waals surface area contributed by atoms with Crippen LogP contribution in [-0.2, 0) is 6.54 Å². The fourth-order valence-corrected chi connectivity index (χ4v) is 2.26. The van der Waals surface area contributed by atoms with Gasteiger partial charge in [0.05, 0.1) is 17.7 Å². The number of aliphatic hydroxyl groups excluding tert-OH is 1. The summed E-state index contributed by atoms with van der Waals surface area (Å²) in [6.07, 6.45) is -0.952. The van der Waals surface area contributed by atoms with Crippen LogP contribution in [0.25, 0.3) is 0 Å². The third-order valence-electron chi connectivity index (χ3n) is 3.17. The second-order valence-electron chi connectivity index (χ2n) is 4.68. The van der Waals surface area contributed by atoms with Gasteiger partial charge < -0.3 is 14.9 Å². The molecule has 0 bridgehead atoms. The Labute approximate surface area is 133 Å². The third-order valence-corrected chi connectivity index (χ3v) is 3.49. The number of aliphatic hydroxyl groups is 1. The van der Waals surface area contributed by atoms with Crippen molar-refractivity contribution in [1.29, 1.82) is 0 Å². The van der Waals surface area contributed by atoms with E-state index in [9.17, 15) is 9.90 Å². The first-order valence-corrected chi connectivity index (χ1v) is 6.96. The minimum atomic E-state index is -1.10. The summed E-state index contributed by atoms with van der Waals surface area (Å²) in [5.41, 5.74) is 1.45. The second kappa shape index (κ2) is 7.26. The van der Waals surface area contributed by atoms with Gasteiger partial charge in [-0.2, -0.15) is 0 Å². The Morgan fingerprint density at radius 3 is 2.73 bits per heavy atom. The van der Waals surface area contributed by atoms with Gasteiger partial charge in [0, 0.05) is 6.54 Å². The molecular formula is C16H16ClNO4. The highest BCUT2D eigenvalue weighted by Crippen LogP contribution is 2.21. The Morgan fingerprint density at radius 2 is 2.09 bits per heavy atom. The topological polar surface area (TPSA) is 78.8 Å². The van der Waals surface area contributed by atoms with Gasteiger partial charge in [-0.05, 0) is 35.4 Å². The Kier molecular flexibility index (Phi) is 5.38. The van der Waals surface area contributed by atoms with Crippen LogP contribution in [0.3, 0.4) is 0 Å². The Balaban J connectivity index is 2.04. The lowest BCUT2D eigenvalue weighted by Gasteiger charge is -2.14. The number of carboxylic acid groups (broad SMARTS) is 1. The molecule has 0 aliphatic heterocycles. The maximum atomic E-state index is 10.9. The molecule has 0 aliphatic carbocycles. The number of methoxy groups -OCH3 is 1. The van der Waals surface area contributed by atoms with Crippen molar-refractivity contribution in [3.8, 4) is 5.75 Å². The number of ether oxygens (including phenoxy) is 1. The molecule has 5 nitrogen and oxygen atoms in total. The van der Waals surface area contributed by atoms with Gasteiger partial charge in [-0.25, -0.2) is 4.79 Å². The molecule has 6 heteroatoms. The molecular weight excluding hydrogens is 306 g/mol. The summed E-state index contributed by atoms with van der Waals surface area (Å²) >= 11 is 5.89. The number of hydrogen-bond acceptors (Lipinski definition) is 4. The van der Waals surface area contributed by atoms with Crippen molar-refractivity contribution >= 4 is 17.6 Å². The number of rotatable bonds is 6. The van der Waals surface area contributed by atoms with Crippen molar-refractivity contribution < 1.29 is 19.7 Å². The molecule has 2 aromatic rings. The lowest BCUT2D eigenvalue weighted by atomic mass is 10.1. The highest BCUT2D eigenvalue weighted by molar-refractivity contribution is 6.33. The van der Waals surface area contributed by atoms with E-state index in [0.29, 0.717) is 12.1 Å². The normalized spacial score (nSPS) is 12.0. The molecule has 0 amide bonds. The molecule has 1 unspecified atom stereocenters. The molecule has 0 spiro atoms. The van der Waals surface area contributed by atoms with Crippen LogP contribution < -0.4 is 10.1 Å². The predicted molar refractivity (Wildman–Crippen MR) is 83.2 cm³/mol. The quantitative estimate of drug-likeness (QED) is 0.713. The fraction of sp³-hybridized carbons (Fsp3) is 0.188. The van der Waals surface area contributed by atoms with Crippen LogP contribution in [0.4, 0.5) is 0 Å². The molecule has 0 saturated carbocycles. The van der Waals surface area contributed by atoms with E-state index >= 15 is 0 Å². The molecule has 0 aliphatic rings. The minimum Gasteiger partial charge on any atom is -0.497 e. The monoisotopic (exact) mass is 321 g/mol. The Hall–Kier alpha value is -2.08. The van der Waals surface area contributed by atoms with Crippen LogP contribution in [-0.4, -0.2) is 23.3 Å². The van der Waals surface area contributed by atoms with Crippen LogP contribution in [0, 0.1) is 0 Å². The van der Waals surface area contributed by atoms with Gasteiger partial charge >= 0.3 is 5.97 Å². The first-order chi connectivity index (χ1) is 10.5. The van der Waals surface area contributed by atoms with Crippen LogP contribution in [0.2, 0.25) is 5.02 Å². The number of benzene rings is 2. The number of carbonyl (C=O) groups is 1. The summed E-state index contributed by atoms with van der Waals surface area (Å²) in [5.74, 6) is -0.363. The second-order valence-corrected chi connectivity index (χ2v) is 5.09. The molecule has 0 fully saturated rings. The predicted octanol–water partition coefficient (Wildman–Crippen LogP) is 2.83. The van der Waals surface area contributed by atoms with E-state index in [1.54, 1.807) is 7.11 Å². The van der Waals surface area contributed by atoms with E-state index in [4.69, 9.17) is 21.4 Å². The van der Waals surface area contributed by atoms with Gasteiger partial charge in [0.25, 0.3) is 0 Å². The zero-order valence-corrected chi connectivity index (χ0v) is 12.7. The van der Waals surface area contributed by atoms with E-state index in [2.05, 4.69) is 5.32 Å². The number of carboxylic acids is 1. The Morgan fingerprint density at radius 1 is 1.32 bits per heavy atom. The fourth-order valence-electron chi connectivity index (χ4n) is 1.99. The van der Waals surface area contributed by atoms with Crippen LogP contribution in [0.15, 0.2) is 42.5 Å². The summed E-state index contributed by atoms with van der Waals surface area (Å²) in [6.45, 7) is 0.427. The van der Waals surface area contributed by atoms with E-state index in [1.165, 1.54) is 18.2 Å². The summed E-state index contributed by atoms with van der Waals surface area (Å²) in [6, 6.07) is 11.8. The van der Waals surface area contributed by atoms with Gasteiger partial charge in [-0.1, -0.05) is 29.8 Å². The molecule has 2 aromatic carbocycles. The lowest BCUT2D eigenvalue weighted by Crippen LogP contribution is -2.20. The van der Waals surface area contributed by atoms with Crippen LogP contribution >= 0.6 is 11.6 Å². The molecule has 0 heterocycles. The largest absolute Gasteiger partial charge is 0.497 e. The van der Waals surface area contributed by atoms with Gasteiger partial charge in [0.2, 0.25) is 0 Å². The zero-order chi connectivity index (χ0) is 16.1. The van der Waals surface area contributed by atoms with E-state index in [-0.39, 0.29) is 10.6 Å². The summed E-state index contributed by atoms with van der Waals surface area (Å²) in [7, 11) is 1.59. The number of aromatic carboxylic acids is 1. The molecule has 3 N–H and O–H groups in total. The average molecular weight is 322 g/mol. The lowest BCUT2D eigenvalue weighted by molar-refractivity contribution is 0.0696. The van der Waals surface area contributed by atoms with Gasteiger partial charge in [0.1, 0.15) is 12.0 Å². The standard InChI is InChI=1S/C16H16ClNO4/c1-22-12-4-2-3-10(7-12)9-18-15(19)11-5-6-13(16(20)21)14(17)8-11/h2-8,15,18-19H,9H2,1H3,(H,20,21). The van der Waals surface area contributed by atoms with Crippen molar-refractivity contribution in [2.24, 2.45) is 0 Å². The SMILES string of the molecule is COc1cccc(CNC(O)c2ccc(C(=O)O)c(Cl)c2)c1. The van der Waals surface area contributed by atoms with Crippen LogP contribution in [0.1, 0.15) is 27.7 Å². The zero-order valence-electron chi connectivity index (χ0n) is 11.9. The van der Waals surface area contributed by atoms with Crippen molar-refractivity contribution in [1.82, 2.24) is 5.32 Å². The number of hydrogen-bond donors (Lipinski definition) is 3. The van der Waals surface area contributed by atoms with Crippen molar-refractivity contribution in [2.45, 2.75) is 12.8 Å². The molecule has 0 aromatic heterocycles. The maximum absolute atomic E-state index is 10.9. The number of halogens is 1. The Bertz CT molecular complexity index is 675.